The van der Waals surface area contributed by atoms with E-state index in [2.05, 4.69) is 53.8 Å². The largest absolute Gasteiger partial charge is 0.493 e. The van der Waals surface area contributed by atoms with Crippen molar-refractivity contribution < 1.29 is 4.74 Å². The fourth-order valence-electron chi connectivity index (χ4n) is 2.88. The molecule has 0 amide bonds. The molecule has 0 bridgehead atoms. The van der Waals surface area contributed by atoms with E-state index < -0.39 is 0 Å². The summed E-state index contributed by atoms with van der Waals surface area (Å²) < 4.78 is 5.56. The van der Waals surface area contributed by atoms with Gasteiger partial charge in [-0.15, -0.1) is 11.3 Å². The molecule has 2 aromatic rings. The van der Waals surface area contributed by atoms with E-state index in [1.807, 2.05) is 32.2 Å². The molecule has 0 saturated carbocycles. The normalized spacial score (nSPS) is 15.1. The zero-order chi connectivity index (χ0) is 19.9. The van der Waals surface area contributed by atoms with Gasteiger partial charge >= 0.3 is 0 Å². The molecule has 1 aliphatic rings. The van der Waals surface area contributed by atoms with Crippen LogP contribution < -0.4 is 10.1 Å². The average molecular weight is 394 g/mol. The van der Waals surface area contributed by atoms with Gasteiger partial charge in [-0.05, 0) is 68.2 Å². The fraction of sp³-hybridized carbons (Fsp3) is 0.304. The Morgan fingerprint density at radius 1 is 1.32 bits per heavy atom. The van der Waals surface area contributed by atoms with Crippen LogP contribution in [0.4, 0.5) is 10.8 Å². The molecule has 1 aliphatic heterocycles. The van der Waals surface area contributed by atoms with E-state index >= 15 is 0 Å². The van der Waals surface area contributed by atoms with Gasteiger partial charge in [0.2, 0.25) is 0 Å². The van der Waals surface area contributed by atoms with Crippen molar-refractivity contribution in [1.29, 1.82) is 0 Å². The molecule has 146 valence electrons. The SMILES string of the molecule is CC\C=C/C(C)=C\C(C)=N\C=C(/C)c1csc(Nc2ccc3c(c2)CCO3)n1. The van der Waals surface area contributed by atoms with Gasteiger partial charge < -0.3 is 10.1 Å². The number of hydrogen-bond donors (Lipinski definition) is 1. The van der Waals surface area contributed by atoms with Crippen molar-refractivity contribution in [3.63, 3.8) is 0 Å². The molecule has 2 heterocycles. The molecule has 0 atom stereocenters. The molecule has 0 radical (unpaired) electrons. The molecule has 1 N–H and O–H groups in total. The van der Waals surface area contributed by atoms with Gasteiger partial charge in [-0.1, -0.05) is 19.1 Å². The predicted molar refractivity (Wildman–Crippen MR) is 121 cm³/mol. The summed E-state index contributed by atoms with van der Waals surface area (Å²) in [6, 6.07) is 6.19. The minimum atomic E-state index is 0.772. The maximum absolute atomic E-state index is 5.56. The van der Waals surface area contributed by atoms with Crippen molar-refractivity contribution in [1.82, 2.24) is 4.98 Å². The van der Waals surface area contributed by atoms with Gasteiger partial charge in [0.05, 0.1) is 12.3 Å². The van der Waals surface area contributed by atoms with E-state index in [9.17, 15) is 0 Å². The monoisotopic (exact) mass is 393 g/mol. The van der Waals surface area contributed by atoms with Gasteiger partial charge in [-0.25, -0.2) is 4.98 Å². The van der Waals surface area contributed by atoms with Crippen molar-refractivity contribution >= 4 is 33.4 Å². The quantitative estimate of drug-likeness (QED) is 0.428. The van der Waals surface area contributed by atoms with Gasteiger partial charge in [-0.2, -0.15) is 0 Å². The maximum Gasteiger partial charge on any atom is 0.187 e. The first-order valence-electron chi connectivity index (χ1n) is 9.60. The smallest absolute Gasteiger partial charge is 0.187 e. The Labute approximate surface area is 171 Å². The number of hydrogen-bond acceptors (Lipinski definition) is 5. The zero-order valence-electron chi connectivity index (χ0n) is 17.0. The first-order chi connectivity index (χ1) is 13.5. The van der Waals surface area contributed by atoms with Crippen LogP contribution in [0.15, 0.2) is 58.6 Å². The molecular formula is C23H27N3OS. The maximum atomic E-state index is 5.56. The van der Waals surface area contributed by atoms with E-state index in [1.165, 1.54) is 11.1 Å². The van der Waals surface area contributed by atoms with Crippen molar-refractivity contribution in [3.05, 3.63) is 64.8 Å². The number of thiazole rings is 1. The van der Waals surface area contributed by atoms with E-state index in [0.717, 1.165) is 53.0 Å². The highest BCUT2D eigenvalue weighted by molar-refractivity contribution is 7.13. The topological polar surface area (TPSA) is 46.5 Å². The molecular weight excluding hydrogens is 366 g/mol. The summed E-state index contributed by atoms with van der Waals surface area (Å²) in [5.41, 5.74) is 6.46. The van der Waals surface area contributed by atoms with Gasteiger partial charge in [0.25, 0.3) is 0 Å². The van der Waals surface area contributed by atoms with Crippen LogP contribution in [0.1, 0.15) is 45.4 Å². The van der Waals surface area contributed by atoms with Crippen LogP contribution in [0.3, 0.4) is 0 Å². The second kappa shape index (κ2) is 9.51. The first kappa shape index (κ1) is 20.1. The number of benzene rings is 1. The molecule has 1 aromatic heterocycles. The van der Waals surface area contributed by atoms with Crippen molar-refractivity contribution in [3.8, 4) is 5.75 Å². The highest BCUT2D eigenvalue weighted by atomic mass is 32.1. The van der Waals surface area contributed by atoms with Crippen molar-refractivity contribution in [2.24, 2.45) is 4.99 Å². The number of fused-ring (bicyclic) bond motifs is 1. The summed E-state index contributed by atoms with van der Waals surface area (Å²) in [5.74, 6) is 0.992. The van der Waals surface area contributed by atoms with Crippen molar-refractivity contribution in [2.75, 3.05) is 11.9 Å². The summed E-state index contributed by atoms with van der Waals surface area (Å²) in [6.07, 6.45) is 10.3. The van der Waals surface area contributed by atoms with Gasteiger partial charge in [0, 0.05) is 29.4 Å². The number of rotatable bonds is 7. The van der Waals surface area contributed by atoms with Crippen LogP contribution in [0.2, 0.25) is 0 Å². The highest BCUT2D eigenvalue weighted by Gasteiger charge is 2.12. The lowest BCUT2D eigenvalue weighted by Crippen LogP contribution is -1.91. The molecule has 0 saturated heterocycles. The summed E-state index contributed by atoms with van der Waals surface area (Å²) >= 11 is 1.60. The van der Waals surface area contributed by atoms with E-state index in [0.29, 0.717) is 0 Å². The minimum Gasteiger partial charge on any atom is -0.493 e. The third-order valence-electron chi connectivity index (χ3n) is 4.36. The summed E-state index contributed by atoms with van der Waals surface area (Å²) in [6.45, 7) is 9.04. The summed E-state index contributed by atoms with van der Waals surface area (Å²) in [7, 11) is 0. The third kappa shape index (κ3) is 5.42. The standard InChI is InChI=1S/C23H27N3OS/c1-5-6-7-16(2)12-18(4)24-14-17(3)21-15-28-23(26-21)25-20-8-9-22-19(13-20)10-11-27-22/h6-9,12-15H,5,10-11H2,1-4H3,(H,25,26)/b7-6-,16-12-,17-14+,24-18+. The van der Waals surface area contributed by atoms with Crippen LogP contribution in [0.25, 0.3) is 5.57 Å². The molecule has 0 spiro atoms. The third-order valence-corrected chi connectivity index (χ3v) is 5.12. The number of aliphatic imine (C=N–C) groups is 1. The summed E-state index contributed by atoms with van der Waals surface area (Å²) in [5, 5.41) is 6.32. The fourth-order valence-corrected chi connectivity index (χ4v) is 3.67. The Morgan fingerprint density at radius 2 is 2.18 bits per heavy atom. The second-order valence-electron chi connectivity index (χ2n) is 6.87. The number of anilines is 2. The summed E-state index contributed by atoms with van der Waals surface area (Å²) in [4.78, 5) is 9.25. The van der Waals surface area contributed by atoms with Crippen LogP contribution in [0, 0.1) is 0 Å². The van der Waals surface area contributed by atoms with Gasteiger partial charge in [-0.3, -0.25) is 4.99 Å². The zero-order valence-corrected chi connectivity index (χ0v) is 17.8. The Morgan fingerprint density at radius 3 is 3.00 bits per heavy atom. The Hall–Kier alpha value is -2.66. The van der Waals surface area contributed by atoms with E-state index in [1.54, 1.807) is 11.3 Å². The Balaban J connectivity index is 1.66. The van der Waals surface area contributed by atoms with Crippen molar-refractivity contribution in [2.45, 2.75) is 40.5 Å². The Bertz CT molecular complexity index is 951. The average Bonchev–Trinajstić information content (AvgIpc) is 3.33. The molecule has 0 fully saturated rings. The lowest BCUT2D eigenvalue weighted by Gasteiger charge is -2.04. The Kier molecular flexibility index (Phi) is 6.82. The van der Waals surface area contributed by atoms with Crippen LogP contribution in [-0.2, 0) is 6.42 Å². The molecule has 3 rings (SSSR count). The van der Waals surface area contributed by atoms with Gasteiger partial charge in [0.1, 0.15) is 5.75 Å². The number of allylic oxidation sites excluding steroid dienone is 5. The van der Waals surface area contributed by atoms with Crippen LogP contribution >= 0.6 is 11.3 Å². The number of nitrogens with one attached hydrogen (secondary N) is 1. The van der Waals surface area contributed by atoms with Crippen LogP contribution in [0.5, 0.6) is 5.75 Å². The number of aromatic nitrogens is 1. The van der Waals surface area contributed by atoms with Gasteiger partial charge in [0.15, 0.2) is 5.13 Å². The predicted octanol–water partition coefficient (Wildman–Crippen LogP) is 6.56. The molecule has 5 heteroatoms. The lowest BCUT2D eigenvalue weighted by atomic mass is 10.1. The second-order valence-corrected chi connectivity index (χ2v) is 7.72. The van der Waals surface area contributed by atoms with E-state index in [-0.39, 0.29) is 0 Å². The molecule has 4 nitrogen and oxygen atoms in total. The molecule has 1 aromatic carbocycles. The molecule has 0 unspecified atom stereocenters. The highest BCUT2D eigenvalue weighted by Crippen LogP contribution is 2.30. The van der Waals surface area contributed by atoms with E-state index in [4.69, 9.17) is 9.72 Å². The number of ether oxygens (including phenoxy) is 1. The number of nitrogens with zero attached hydrogens (tertiary/aromatic N) is 2. The molecule has 0 aliphatic carbocycles. The minimum absolute atomic E-state index is 0.772. The molecule has 28 heavy (non-hydrogen) atoms. The van der Waals surface area contributed by atoms with Crippen LogP contribution in [-0.4, -0.2) is 17.3 Å². The lowest BCUT2D eigenvalue weighted by molar-refractivity contribution is 0.357. The first-order valence-corrected chi connectivity index (χ1v) is 10.5.